The molecule has 1 saturated carbocycles. The number of nitrogens with one attached hydrogen (secondary N) is 2. The lowest BCUT2D eigenvalue weighted by atomic mass is 10.00. The summed E-state index contributed by atoms with van der Waals surface area (Å²) in [6.07, 6.45) is 8.87. The van der Waals surface area contributed by atoms with Crippen LogP contribution < -0.4 is 5.32 Å². The van der Waals surface area contributed by atoms with Crippen LogP contribution >= 0.6 is 0 Å². The first-order valence-corrected chi connectivity index (χ1v) is 13.1. The second kappa shape index (κ2) is 10.5. The van der Waals surface area contributed by atoms with Crippen LogP contribution in [0.3, 0.4) is 0 Å². The fourth-order valence-electron chi connectivity index (χ4n) is 4.86. The third-order valence-electron chi connectivity index (χ3n) is 7.04. The van der Waals surface area contributed by atoms with Gasteiger partial charge in [0.2, 0.25) is 5.95 Å². The van der Waals surface area contributed by atoms with Crippen molar-refractivity contribution in [2.24, 2.45) is 5.92 Å². The lowest BCUT2D eigenvalue weighted by molar-refractivity contribution is -0.119. The number of aromatic nitrogens is 4. The van der Waals surface area contributed by atoms with Gasteiger partial charge in [-0.2, -0.15) is 5.10 Å². The summed E-state index contributed by atoms with van der Waals surface area (Å²) in [5, 5.41) is 11.2. The number of fused-ring (bicyclic) bond motifs is 1. The number of ketones is 1. The van der Waals surface area contributed by atoms with Crippen molar-refractivity contribution in [3.63, 3.8) is 0 Å². The van der Waals surface area contributed by atoms with E-state index in [0.29, 0.717) is 42.5 Å². The van der Waals surface area contributed by atoms with Gasteiger partial charge in [-0.25, -0.2) is 4.98 Å². The summed E-state index contributed by atoms with van der Waals surface area (Å²) in [4.78, 5) is 30.3. The number of nitrogens with zero attached hydrogens (tertiary/aromatic N) is 3. The van der Waals surface area contributed by atoms with Gasteiger partial charge in [-0.15, -0.1) is 0 Å². The van der Waals surface area contributed by atoms with Crippen molar-refractivity contribution in [3.05, 3.63) is 96.4 Å². The van der Waals surface area contributed by atoms with Crippen molar-refractivity contribution >= 4 is 28.5 Å². The van der Waals surface area contributed by atoms with Crippen LogP contribution in [0, 0.1) is 5.92 Å². The van der Waals surface area contributed by atoms with Crippen LogP contribution in [0.2, 0.25) is 0 Å². The average molecular weight is 504 g/mol. The van der Waals surface area contributed by atoms with Crippen molar-refractivity contribution in [1.82, 2.24) is 19.7 Å². The number of benzene rings is 3. The first kappa shape index (κ1) is 23.9. The Bertz CT molecular complexity index is 1600. The van der Waals surface area contributed by atoms with Crippen molar-refractivity contribution in [3.8, 4) is 16.8 Å². The van der Waals surface area contributed by atoms with Gasteiger partial charge < -0.3 is 0 Å². The van der Waals surface area contributed by atoms with E-state index >= 15 is 0 Å². The molecule has 0 bridgehead atoms. The highest BCUT2D eigenvalue weighted by molar-refractivity contribution is 6.05. The number of aromatic amines is 1. The standard InChI is InChI=1S/C31H29N5O2/c37-26(17-21-15-16-21)12-5-9-24-20-36(25-10-2-1-3-11-25)31(33-24)34-30(38)23-8-4-7-22(18-23)27-13-6-14-29-28(27)19-32-35-29/h1-4,6-8,10-11,13-14,18-21H,5,9,12,15-17H2,(H,32,35)(H,33,34,38). The largest absolute Gasteiger partial charge is 0.300 e. The third kappa shape index (κ3) is 5.27. The van der Waals surface area contributed by atoms with Gasteiger partial charge in [-0.1, -0.05) is 42.5 Å². The Hall–Kier alpha value is -4.52. The average Bonchev–Trinajstić information content (AvgIpc) is 3.46. The number of hydrogen-bond donors (Lipinski definition) is 2. The molecule has 0 saturated heterocycles. The molecule has 2 aromatic heterocycles. The van der Waals surface area contributed by atoms with E-state index in [0.717, 1.165) is 39.8 Å². The first-order valence-electron chi connectivity index (χ1n) is 13.1. The molecule has 5 aromatic rings. The van der Waals surface area contributed by atoms with Gasteiger partial charge in [-0.05, 0) is 73.1 Å². The minimum Gasteiger partial charge on any atom is -0.300 e. The zero-order valence-electron chi connectivity index (χ0n) is 21.1. The second-order valence-electron chi connectivity index (χ2n) is 9.97. The SMILES string of the molecule is O=C(CCCc1cn(-c2ccccc2)c(NC(=O)c2cccc(-c3cccc4[nH]ncc34)c2)n1)CC1CC1. The highest BCUT2D eigenvalue weighted by Gasteiger charge is 2.24. The van der Waals surface area contributed by atoms with Gasteiger partial charge in [0.1, 0.15) is 5.78 Å². The second-order valence-corrected chi connectivity index (χ2v) is 9.97. The predicted octanol–water partition coefficient (Wildman–Crippen LogP) is 6.36. The van der Waals surface area contributed by atoms with Crippen LogP contribution in [-0.2, 0) is 11.2 Å². The Kier molecular flexibility index (Phi) is 6.56. The molecule has 3 aromatic carbocycles. The molecule has 0 unspecified atom stereocenters. The number of Topliss-reactive ketones (excluding diaryl/α,β-unsaturated/α-hetero) is 1. The summed E-state index contributed by atoms with van der Waals surface area (Å²) >= 11 is 0. The number of H-pyrrole nitrogens is 1. The van der Waals surface area contributed by atoms with E-state index in [-0.39, 0.29) is 5.91 Å². The maximum absolute atomic E-state index is 13.4. The summed E-state index contributed by atoms with van der Waals surface area (Å²) < 4.78 is 1.90. The number of aryl methyl sites for hydroxylation is 1. The Morgan fingerprint density at radius 3 is 2.68 bits per heavy atom. The Labute approximate surface area is 220 Å². The van der Waals surface area contributed by atoms with Crippen molar-refractivity contribution < 1.29 is 9.59 Å². The van der Waals surface area contributed by atoms with Crippen LogP contribution in [0.1, 0.15) is 48.2 Å². The molecule has 38 heavy (non-hydrogen) atoms. The van der Waals surface area contributed by atoms with Crippen LogP contribution in [0.4, 0.5) is 5.95 Å². The molecule has 0 spiro atoms. The van der Waals surface area contributed by atoms with Crippen molar-refractivity contribution in [2.75, 3.05) is 5.32 Å². The molecule has 1 aliphatic carbocycles. The molecular weight excluding hydrogens is 474 g/mol. The number of rotatable bonds is 10. The Morgan fingerprint density at radius 1 is 1.00 bits per heavy atom. The molecule has 7 heteroatoms. The quantitative estimate of drug-likeness (QED) is 0.232. The van der Waals surface area contributed by atoms with E-state index in [1.165, 1.54) is 12.8 Å². The number of para-hydroxylation sites is 1. The lowest BCUT2D eigenvalue weighted by Gasteiger charge is -2.10. The zero-order valence-corrected chi connectivity index (χ0v) is 21.1. The molecule has 190 valence electrons. The number of amides is 1. The normalized spacial score (nSPS) is 13.1. The topological polar surface area (TPSA) is 92.7 Å². The van der Waals surface area contributed by atoms with Crippen LogP contribution in [-0.4, -0.2) is 31.4 Å². The minimum atomic E-state index is -0.236. The fourth-order valence-corrected chi connectivity index (χ4v) is 4.86. The molecule has 0 aliphatic heterocycles. The molecule has 1 amide bonds. The highest BCUT2D eigenvalue weighted by Crippen LogP contribution is 2.33. The molecule has 2 N–H and O–H groups in total. The molecule has 2 heterocycles. The fraction of sp³-hybridized carbons (Fsp3) is 0.226. The number of anilines is 1. The van der Waals surface area contributed by atoms with E-state index in [2.05, 4.69) is 15.5 Å². The Morgan fingerprint density at radius 2 is 1.84 bits per heavy atom. The minimum absolute atomic E-state index is 0.236. The summed E-state index contributed by atoms with van der Waals surface area (Å²) in [5.41, 5.74) is 5.19. The van der Waals surface area contributed by atoms with E-state index in [9.17, 15) is 9.59 Å². The molecule has 0 radical (unpaired) electrons. The molecule has 0 atom stereocenters. The van der Waals surface area contributed by atoms with Gasteiger partial charge >= 0.3 is 0 Å². The maximum atomic E-state index is 13.4. The molecule has 1 aliphatic rings. The molecule has 1 fully saturated rings. The number of carbonyl (C=O) groups is 2. The monoisotopic (exact) mass is 503 g/mol. The highest BCUT2D eigenvalue weighted by atomic mass is 16.1. The van der Waals surface area contributed by atoms with E-state index in [1.54, 1.807) is 12.3 Å². The number of imidazole rings is 1. The van der Waals surface area contributed by atoms with Crippen LogP contribution in [0.5, 0.6) is 0 Å². The number of hydrogen-bond acceptors (Lipinski definition) is 4. The van der Waals surface area contributed by atoms with Crippen molar-refractivity contribution in [2.45, 2.75) is 38.5 Å². The van der Waals surface area contributed by atoms with Crippen LogP contribution in [0.15, 0.2) is 85.2 Å². The van der Waals surface area contributed by atoms with E-state index < -0.39 is 0 Å². The smallest absolute Gasteiger partial charge is 0.258 e. The number of carbonyl (C=O) groups excluding carboxylic acids is 2. The van der Waals surface area contributed by atoms with E-state index in [1.807, 2.05) is 77.5 Å². The predicted molar refractivity (Wildman–Crippen MR) is 148 cm³/mol. The third-order valence-corrected chi connectivity index (χ3v) is 7.04. The van der Waals surface area contributed by atoms with Gasteiger partial charge in [0.25, 0.3) is 5.91 Å². The van der Waals surface area contributed by atoms with Crippen molar-refractivity contribution in [1.29, 1.82) is 0 Å². The van der Waals surface area contributed by atoms with Gasteiger partial charge in [0.15, 0.2) is 0 Å². The van der Waals surface area contributed by atoms with E-state index in [4.69, 9.17) is 4.98 Å². The molecule has 6 rings (SSSR count). The van der Waals surface area contributed by atoms with Gasteiger partial charge in [0.05, 0.1) is 17.4 Å². The summed E-state index contributed by atoms with van der Waals surface area (Å²) in [6.45, 7) is 0. The lowest BCUT2D eigenvalue weighted by Crippen LogP contribution is -2.15. The van der Waals surface area contributed by atoms with Gasteiger partial charge in [-0.3, -0.25) is 24.6 Å². The zero-order chi connectivity index (χ0) is 25.9. The summed E-state index contributed by atoms with van der Waals surface area (Å²) in [7, 11) is 0. The van der Waals surface area contributed by atoms with Gasteiger partial charge in [0, 0.05) is 35.7 Å². The summed E-state index contributed by atoms with van der Waals surface area (Å²) in [6, 6.07) is 23.4. The Balaban J connectivity index is 1.22. The van der Waals surface area contributed by atoms with Crippen LogP contribution in [0.25, 0.3) is 27.7 Å². The molecular formula is C31H29N5O2. The maximum Gasteiger partial charge on any atom is 0.258 e. The molecule has 7 nitrogen and oxygen atoms in total. The first-order chi connectivity index (χ1) is 18.6. The summed E-state index contributed by atoms with van der Waals surface area (Å²) in [5.74, 6) is 1.19.